The molecule has 0 unspecified atom stereocenters. The Bertz CT molecular complexity index is 1060. The van der Waals surface area contributed by atoms with Gasteiger partial charge in [0, 0.05) is 25.7 Å². The van der Waals surface area contributed by atoms with Gasteiger partial charge in [-0.3, -0.25) is 4.90 Å². The van der Waals surface area contributed by atoms with Crippen LogP contribution in [0.5, 0.6) is 23.1 Å². The maximum atomic E-state index is 9.42. The summed E-state index contributed by atoms with van der Waals surface area (Å²) in [5.41, 5.74) is 0.983. The Hall–Kier alpha value is -2.92. The van der Waals surface area contributed by atoms with Gasteiger partial charge in [0.25, 0.3) is 0 Å². The van der Waals surface area contributed by atoms with Crippen LogP contribution in [0.1, 0.15) is 13.3 Å². The largest absolute Gasteiger partial charge is 0.490 e. The summed E-state index contributed by atoms with van der Waals surface area (Å²) in [6, 6.07) is 10.2. The molecule has 9 nitrogen and oxygen atoms in total. The van der Waals surface area contributed by atoms with E-state index < -0.39 is 7.12 Å². The standard InChI is InChI=1S/C23H28BN3O6/c1-2-31-22-15-20-19(14-21(22)32-10-4-7-27-8-11-30-12-9-27)23(26-16-25-20)33-18-6-3-5-17(13-18)24(28)29/h3,5-6,13-16,28-29H,2,4,7-12H2,1H3. The van der Waals surface area contributed by atoms with Crippen molar-refractivity contribution in [2.75, 3.05) is 46.1 Å². The molecule has 0 aliphatic carbocycles. The summed E-state index contributed by atoms with van der Waals surface area (Å²) in [5.74, 6) is 1.99. The average molecular weight is 453 g/mol. The highest BCUT2D eigenvalue weighted by Gasteiger charge is 2.16. The lowest BCUT2D eigenvalue weighted by Crippen LogP contribution is -2.37. The molecule has 1 aromatic heterocycles. The number of benzene rings is 2. The SMILES string of the molecule is CCOc1cc2ncnc(Oc3cccc(B(O)O)c3)c2cc1OCCCN1CCOCC1. The molecule has 0 bridgehead atoms. The lowest BCUT2D eigenvalue weighted by atomic mass is 9.80. The molecule has 1 fully saturated rings. The van der Waals surface area contributed by atoms with Crippen molar-refractivity contribution in [3.8, 4) is 23.1 Å². The molecule has 2 N–H and O–H groups in total. The summed E-state index contributed by atoms with van der Waals surface area (Å²) in [6.45, 7) is 7.38. The lowest BCUT2D eigenvalue weighted by Gasteiger charge is -2.26. The minimum atomic E-state index is -1.58. The van der Waals surface area contributed by atoms with Crippen LogP contribution in [0.2, 0.25) is 0 Å². The van der Waals surface area contributed by atoms with Crippen molar-refractivity contribution in [1.29, 1.82) is 0 Å². The van der Waals surface area contributed by atoms with Crippen LogP contribution in [0, 0.1) is 0 Å². The fraction of sp³-hybridized carbons (Fsp3) is 0.391. The number of hydrogen-bond donors (Lipinski definition) is 2. The molecule has 0 atom stereocenters. The molecule has 2 aromatic carbocycles. The molecule has 1 saturated heterocycles. The number of rotatable bonds is 10. The lowest BCUT2D eigenvalue weighted by molar-refractivity contribution is 0.0357. The van der Waals surface area contributed by atoms with Crippen LogP contribution in [-0.2, 0) is 4.74 Å². The van der Waals surface area contributed by atoms with Crippen molar-refractivity contribution in [3.05, 3.63) is 42.7 Å². The predicted octanol–water partition coefficient (Wildman–Crippen LogP) is 1.60. The molecule has 33 heavy (non-hydrogen) atoms. The molecule has 174 valence electrons. The first-order valence-electron chi connectivity index (χ1n) is 11.1. The molecule has 3 aromatic rings. The van der Waals surface area contributed by atoms with Gasteiger partial charge >= 0.3 is 7.12 Å². The van der Waals surface area contributed by atoms with Crippen molar-refractivity contribution in [3.63, 3.8) is 0 Å². The zero-order valence-corrected chi connectivity index (χ0v) is 18.6. The maximum absolute atomic E-state index is 9.42. The van der Waals surface area contributed by atoms with Gasteiger partial charge < -0.3 is 29.0 Å². The normalized spacial score (nSPS) is 14.3. The Morgan fingerprint density at radius 3 is 2.67 bits per heavy atom. The van der Waals surface area contributed by atoms with Crippen molar-refractivity contribution < 1.29 is 29.0 Å². The van der Waals surface area contributed by atoms with E-state index in [-0.39, 0.29) is 0 Å². The van der Waals surface area contributed by atoms with Gasteiger partial charge in [0.15, 0.2) is 11.5 Å². The van der Waals surface area contributed by atoms with E-state index in [1.165, 1.54) is 6.33 Å². The average Bonchev–Trinajstić information content (AvgIpc) is 2.83. The van der Waals surface area contributed by atoms with E-state index in [4.69, 9.17) is 18.9 Å². The maximum Gasteiger partial charge on any atom is 0.488 e. The molecule has 0 radical (unpaired) electrons. The third-order valence-electron chi connectivity index (χ3n) is 5.31. The Balaban J connectivity index is 1.53. The molecule has 10 heteroatoms. The van der Waals surface area contributed by atoms with Crippen LogP contribution in [0.15, 0.2) is 42.7 Å². The van der Waals surface area contributed by atoms with Gasteiger partial charge in [-0.2, -0.15) is 0 Å². The molecule has 1 aliphatic rings. The molecule has 0 amide bonds. The Labute approximate surface area is 193 Å². The number of nitrogens with zero attached hydrogens (tertiary/aromatic N) is 3. The van der Waals surface area contributed by atoms with Crippen LogP contribution in [0.3, 0.4) is 0 Å². The first kappa shape index (κ1) is 23.3. The number of hydrogen-bond acceptors (Lipinski definition) is 9. The Kier molecular flexibility index (Phi) is 7.95. The van der Waals surface area contributed by atoms with Crippen molar-refractivity contribution in [2.24, 2.45) is 0 Å². The topological polar surface area (TPSA) is 106 Å². The number of ether oxygens (including phenoxy) is 4. The van der Waals surface area contributed by atoms with E-state index >= 15 is 0 Å². The second-order valence-electron chi connectivity index (χ2n) is 7.63. The van der Waals surface area contributed by atoms with Crippen LogP contribution >= 0.6 is 0 Å². The van der Waals surface area contributed by atoms with Gasteiger partial charge in [-0.1, -0.05) is 12.1 Å². The van der Waals surface area contributed by atoms with Crippen LogP contribution in [0.25, 0.3) is 10.9 Å². The summed E-state index contributed by atoms with van der Waals surface area (Å²) in [5, 5.41) is 19.5. The molecule has 2 heterocycles. The zero-order valence-electron chi connectivity index (χ0n) is 18.6. The quantitative estimate of drug-likeness (QED) is 0.350. The van der Waals surface area contributed by atoms with Gasteiger partial charge in [0.2, 0.25) is 5.88 Å². The fourth-order valence-electron chi connectivity index (χ4n) is 3.65. The summed E-state index contributed by atoms with van der Waals surface area (Å²) in [7, 11) is -1.58. The first-order chi connectivity index (χ1) is 16.1. The highest BCUT2D eigenvalue weighted by atomic mass is 16.5. The summed E-state index contributed by atoms with van der Waals surface area (Å²) >= 11 is 0. The molecular weight excluding hydrogens is 425 g/mol. The van der Waals surface area contributed by atoms with Gasteiger partial charge in [-0.25, -0.2) is 9.97 Å². The zero-order chi connectivity index (χ0) is 23.0. The predicted molar refractivity (Wildman–Crippen MR) is 124 cm³/mol. The summed E-state index contributed by atoms with van der Waals surface area (Å²) in [6.07, 6.45) is 2.30. The highest BCUT2D eigenvalue weighted by Crippen LogP contribution is 2.36. The van der Waals surface area contributed by atoms with Gasteiger partial charge in [0.05, 0.1) is 37.3 Å². The molecule has 4 rings (SSSR count). The molecule has 0 spiro atoms. The van der Waals surface area contributed by atoms with Crippen molar-refractivity contribution in [1.82, 2.24) is 14.9 Å². The number of fused-ring (bicyclic) bond motifs is 1. The molecular formula is C23H28BN3O6. The van der Waals surface area contributed by atoms with E-state index in [0.29, 0.717) is 52.7 Å². The summed E-state index contributed by atoms with van der Waals surface area (Å²) in [4.78, 5) is 11.0. The highest BCUT2D eigenvalue weighted by molar-refractivity contribution is 6.58. The minimum absolute atomic E-state index is 0.328. The minimum Gasteiger partial charge on any atom is -0.490 e. The van der Waals surface area contributed by atoms with Gasteiger partial charge in [-0.05, 0) is 37.0 Å². The van der Waals surface area contributed by atoms with E-state index in [1.807, 2.05) is 19.1 Å². The second kappa shape index (κ2) is 11.3. The van der Waals surface area contributed by atoms with Crippen molar-refractivity contribution >= 4 is 23.5 Å². The van der Waals surface area contributed by atoms with E-state index in [0.717, 1.165) is 39.3 Å². The Morgan fingerprint density at radius 1 is 1.06 bits per heavy atom. The summed E-state index contributed by atoms with van der Waals surface area (Å²) < 4.78 is 23.2. The van der Waals surface area contributed by atoms with Crippen molar-refractivity contribution in [2.45, 2.75) is 13.3 Å². The fourth-order valence-corrected chi connectivity index (χ4v) is 3.65. The van der Waals surface area contributed by atoms with Gasteiger partial charge in [-0.15, -0.1) is 0 Å². The number of aromatic nitrogens is 2. The van der Waals surface area contributed by atoms with E-state index in [2.05, 4.69) is 14.9 Å². The van der Waals surface area contributed by atoms with E-state index in [9.17, 15) is 10.0 Å². The molecule has 0 saturated carbocycles. The first-order valence-corrected chi connectivity index (χ1v) is 11.1. The monoisotopic (exact) mass is 453 g/mol. The van der Waals surface area contributed by atoms with Gasteiger partial charge in [0.1, 0.15) is 12.1 Å². The van der Waals surface area contributed by atoms with Crippen LogP contribution in [-0.4, -0.2) is 78.1 Å². The van der Waals surface area contributed by atoms with Crippen LogP contribution in [0.4, 0.5) is 0 Å². The molecule has 1 aliphatic heterocycles. The third kappa shape index (κ3) is 6.11. The third-order valence-corrected chi connectivity index (χ3v) is 5.31. The van der Waals surface area contributed by atoms with Crippen LogP contribution < -0.4 is 19.7 Å². The second-order valence-corrected chi connectivity index (χ2v) is 7.63. The Morgan fingerprint density at radius 2 is 1.88 bits per heavy atom. The van der Waals surface area contributed by atoms with E-state index in [1.54, 1.807) is 24.3 Å². The number of morpholine rings is 1. The smallest absolute Gasteiger partial charge is 0.488 e.